The molecule has 6 heteroatoms. The van der Waals surface area contributed by atoms with E-state index in [2.05, 4.69) is 0 Å². The second-order valence-corrected chi connectivity index (χ2v) is 7.43. The van der Waals surface area contributed by atoms with E-state index in [-0.39, 0.29) is 29.0 Å². The van der Waals surface area contributed by atoms with Gasteiger partial charge in [0.1, 0.15) is 17.6 Å². The Hall–Kier alpha value is -2.44. The second kappa shape index (κ2) is 6.62. The van der Waals surface area contributed by atoms with Crippen LogP contribution in [0.4, 0.5) is 0 Å². The molecule has 27 heavy (non-hydrogen) atoms. The third-order valence-corrected chi connectivity index (χ3v) is 5.50. The largest absolute Gasteiger partial charge is 0.507 e. The Bertz CT molecular complexity index is 890. The molecule has 1 spiro atoms. The number of phenolic OH excluding ortho intramolecular Hbond substituents is 1. The van der Waals surface area contributed by atoms with Crippen LogP contribution in [0.2, 0.25) is 0 Å². The first kappa shape index (κ1) is 19.3. The molecule has 144 valence electrons. The highest BCUT2D eigenvalue weighted by atomic mass is 16.5. The number of ether oxygens (including phenoxy) is 1. The first-order valence-electron chi connectivity index (χ1n) is 8.86. The molecule has 0 bridgehead atoms. The molecule has 1 aromatic rings. The fourth-order valence-electron chi connectivity index (χ4n) is 4.14. The first-order chi connectivity index (χ1) is 12.7. The van der Waals surface area contributed by atoms with Crippen molar-refractivity contribution in [2.24, 2.45) is 5.41 Å². The van der Waals surface area contributed by atoms with Crippen LogP contribution in [0, 0.1) is 12.3 Å². The summed E-state index contributed by atoms with van der Waals surface area (Å²) < 4.78 is 5.33. The number of Topliss-reactive ketones (excluding diaryl/α,β-unsaturated/α-hetero) is 2. The monoisotopic (exact) mass is 372 g/mol. The normalized spacial score (nSPS) is 26.8. The molecule has 3 rings (SSSR count). The van der Waals surface area contributed by atoms with Crippen molar-refractivity contribution in [3.8, 4) is 11.5 Å². The number of aliphatic hydroxyl groups is 2. The number of carbonyl (C=O) groups is 2. The van der Waals surface area contributed by atoms with E-state index in [4.69, 9.17) is 4.74 Å². The van der Waals surface area contributed by atoms with E-state index in [1.165, 1.54) is 13.2 Å². The van der Waals surface area contributed by atoms with Crippen molar-refractivity contribution in [2.75, 3.05) is 7.11 Å². The number of hydrogen-bond acceptors (Lipinski definition) is 6. The molecule has 0 aliphatic heterocycles. The van der Waals surface area contributed by atoms with Gasteiger partial charge in [0.15, 0.2) is 17.0 Å². The van der Waals surface area contributed by atoms with Gasteiger partial charge in [-0.05, 0) is 50.8 Å². The van der Waals surface area contributed by atoms with Crippen LogP contribution >= 0.6 is 0 Å². The van der Waals surface area contributed by atoms with Crippen molar-refractivity contribution < 1.29 is 29.6 Å². The van der Waals surface area contributed by atoms with Gasteiger partial charge in [0.05, 0.1) is 18.8 Å². The molecule has 0 heterocycles. The summed E-state index contributed by atoms with van der Waals surface area (Å²) in [7, 11) is 1.39. The van der Waals surface area contributed by atoms with Gasteiger partial charge in [-0.1, -0.05) is 17.7 Å². The second-order valence-electron chi connectivity index (χ2n) is 7.43. The maximum Gasteiger partial charge on any atom is 0.186 e. The predicted octanol–water partition coefficient (Wildman–Crippen LogP) is 2.54. The molecule has 2 aliphatic rings. The molecule has 0 unspecified atom stereocenters. The van der Waals surface area contributed by atoms with Crippen molar-refractivity contribution >= 4 is 11.6 Å². The zero-order chi connectivity index (χ0) is 20.1. The number of hydrogen-bond donors (Lipinski definition) is 3. The van der Waals surface area contributed by atoms with Gasteiger partial charge in [0.2, 0.25) is 0 Å². The molecule has 3 N–H and O–H groups in total. The number of aryl methyl sites for hydroxylation is 1. The van der Waals surface area contributed by atoms with E-state index in [1.807, 2.05) is 19.9 Å². The molecule has 6 nitrogen and oxygen atoms in total. The topological polar surface area (TPSA) is 104 Å². The molecule has 0 saturated heterocycles. The minimum absolute atomic E-state index is 0.0656. The number of aromatic hydroxyl groups is 1. The number of carbonyl (C=O) groups excluding carboxylic acids is 2. The quantitative estimate of drug-likeness (QED) is 0.556. The summed E-state index contributed by atoms with van der Waals surface area (Å²) in [6.07, 6.45) is 0.864. The Balaban J connectivity index is 2.20. The molecule has 0 amide bonds. The van der Waals surface area contributed by atoms with E-state index in [1.54, 1.807) is 13.0 Å². The van der Waals surface area contributed by atoms with E-state index in [0.717, 1.165) is 5.57 Å². The van der Waals surface area contributed by atoms with Crippen molar-refractivity contribution in [3.05, 3.63) is 46.1 Å². The van der Waals surface area contributed by atoms with E-state index in [9.17, 15) is 24.9 Å². The summed E-state index contributed by atoms with van der Waals surface area (Å²) in [6, 6.07) is 1.36. The highest BCUT2D eigenvalue weighted by Crippen LogP contribution is 2.57. The average molecular weight is 372 g/mol. The molecule has 3 atom stereocenters. The van der Waals surface area contributed by atoms with Crippen LogP contribution in [0.1, 0.15) is 54.3 Å². The van der Waals surface area contributed by atoms with Gasteiger partial charge in [-0.3, -0.25) is 9.59 Å². The number of fused-ring (bicyclic) bond motifs is 1. The molecular weight excluding hydrogens is 348 g/mol. The third-order valence-electron chi connectivity index (χ3n) is 5.50. The minimum atomic E-state index is -2.06. The number of ketones is 2. The lowest BCUT2D eigenvalue weighted by Crippen LogP contribution is -2.52. The SMILES string of the molecule is COc1c(C)cc(O)c2c1[C@H](O)[C@]1(C(=O)C(CC=C(C)C)=CC[C@H]1O)C2=O. The Morgan fingerprint density at radius 1 is 1.30 bits per heavy atom. The average Bonchev–Trinajstić information content (AvgIpc) is 2.82. The third kappa shape index (κ3) is 2.55. The van der Waals surface area contributed by atoms with E-state index in [0.29, 0.717) is 17.6 Å². The van der Waals surface area contributed by atoms with Crippen molar-refractivity contribution in [2.45, 2.75) is 45.8 Å². The maximum absolute atomic E-state index is 13.3. The lowest BCUT2D eigenvalue weighted by Gasteiger charge is -2.37. The van der Waals surface area contributed by atoms with Crippen LogP contribution in [-0.2, 0) is 4.79 Å². The van der Waals surface area contributed by atoms with E-state index >= 15 is 0 Å². The van der Waals surface area contributed by atoms with Gasteiger partial charge in [0.25, 0.3) is 0 Å². The number of allylic oxidation sites excluding steroid dienone is 3. The Morgan fingerprint density at radius 2 is 1.96 bits per heavy atom. The maximum atomic E-state index is 13.3. The number of methoxy groups -OCH3 is 1. The lowest BCUT2D eigenvalue weighted by molar-refractivity contribution is -0.137. The predicted molar refractivity (Wildman–Crippen MR) is 98.9 cm³/mol. The molecule has 0 radical (unpaired) electrons. The Labute approximate surface area is 157 Å². The number of phenols is 1. The highest BCUT2D eigenvalue weighted by molar-refractivity contribution is 6.25. The van der Waals surface area contributed by atoms with E-state index < -0.39 is 29.2 Å². The first-order valence-corrected chi connectivity index (χ1v) is 8.86. The summed E-state index contributed by atoms with van der Waals surface area (Å²) in [4.78, 5) is 26.6. The van der Waals surface area contributed by atoms with Gasteiger partial charge in [-0.15, -0.1) is 0 Å². The summed E-state index contributed by atoms with van der Waals surface area (Å²) in [6.45, 7) is 5.46. The zero-order valence-corrected chi connectivity index (χ0v) is 15.9. The standard InChI is InChI=1S/C21H24O6/c1-10(2)5-6-12-7-8-14(23)21(18(12)24)19(25)15-13(22)9-11(3)17(27-4)16(15)20(21)26/h5,7,9,14,20,22-23,26H,6,8H2,1-4H3/t14-,20+,21-/m1/s1. The van der Waals surface area contributed by atoms with Gasteiger partial charge < -0.3 is 20.1 Å². The van der Waals surface area contributed by atoms with Crippen molar-refractivity contribution in [3.63, 3.8) is 0 Å². The molecule has 0 saturated carbocycles. The van der Waals surface area contributed by atoms with Crippen LogP contribution in [0.15, 0.2) is 29.4 Å². The van der Waals surface area contributed by atoms with Crippen LogP contribution in [0.5, 0.6) is 11.5 Å². The smallest absolute Gasteiger partial charge is 0.186 e. The Morgan fingerprint density at radius 3 is 2.56 bits per heavy atom. The molecular formula is C21H24O6. The van der Waals surface area contributed by atoms with Crippen molar-refractivity contribution in [1.82, 2.24) is 0 Å². The summed E-state index contributed by atoms with van der Waals surface area (Å²) in [5.74, 6) is -1.46. The van der Waals surface area contributed by atoms with Crippen LogP contribution in [0.25, 0.3) is 0 Å². The van der Waals surface area contributed by atoms with Crippen LogP contribution in [0.3, 0.4) is 0 Å². The zero-order valence-electron chi connectivity index (χ0n) is 15.9. The summed E-state index contributed by atoms with van der Waals surface area (Å²) >= 11 is 0. The van der Waals surface area contributed by atoms with Gasteiger partial charge in [0, 0.05) is 5.56 Å². The van der Waals surface area contributed by atoms with Crippen LogP contribution in [-0.4, -0.2) is 40.1 Å². The number of benzene rings is 1. The molecule has 0 aromatic heterocycles. The fraction of sp³-hybridized carbons (Fsp3) is 0.429. The van der Waals surface area contributed by atoms with Crippen LogP contribution < -0.4 is 4.74 Å². The summed E-state index contributed by atoms with van der Waals surface area (Å²) in [5, 5.41) is 32.1. The lowest BCUT2D eigenvalue weighted by atomic mass is 9.66. The fourth-order valence-corrected chi connectivity index (χ4v) is 4.14. The minimum Gasteiger partial charge on any atom is -0.507 e. The molecule has 1 aromatic carbocycles. The highest BCUT2D eigenvalue weighted by Gasteiger charge is 2.65. The molecule has 2 aliphatic carbocycles. The molecule has 0 fully saturated rings. The van der Waals surface area contributed by atoms with Crippen molar-refractivity contribution in [1.29, 1.82) is 0 Å². The van der Waals surface area contributed by atoms with Gasteiger partial charge >= 0.3 is 0 Å². The Kier molecular flexibility index (Phi) is 4.74. The summed E-state index contributed by atoms with van der Waals surface area (Å²) in [5.41, 5.74) is -0.231. The van der Waals surface area contributed by atoms with Gasteiger partial charge in [-0.25, -0.2) is 0 Å². The number of rotatable bonds is 3. The number of aliphatic hydroxyl groups excluding tert-OH is 2. The van der Waals surface area contributed by atoms with Gasteiger partial charge in [-0.2, -0.15) is 0 Å².